The van der Waals surface area contributed by atoms with E-state index >= 15 is 0 Å². The lowest BCUT2D eigenvalue weighted by atomic mass is 10.1. The monoisotopic (exact) mass is 295 g/mol. The van der Waals surface area contributed by atoms with Crippen molar-refractivity contribution in [2.45, 2.75) is 6.18 Å². The molecule has 0 aliphatic carbocycles. The van der Waals surface area contributed by atoms with Gasteiger partial charge in [0.1, 0.15) is 18.0 Å². The number of nitrogens with one attached hydrogen (secondary N) is 2. The van der Waals surface area contributed by atoms with Crippen LogP contribution in [0.2, 0.25) is 0 Å². The average Bonchev–Trinajstić information content (AvgIpc) is 2.34. The van der Waals surface area contributed by atoms with Crippen LogP contribution < -0.4 is 10.6 Å². The first-order valence-electron chi connectivity index (χ1n) is 5.16. The van der Waals surface area contributed by atoms with Crippen LogP contribution in [0.15, 0.2) is 12.1 Å². The van der Waals surface area contributed by atoms with Crippen LogP contribution in [0.1, 0.15) is 10.4 Å². The molecule has 0 fully saturated rings. The standard InChI is InChI=1S/C10H9F4N3O3/c1-15-7-3-6(11)5(2-8(7)17(19)20)9(18)16-4-10(12,13)14/h2-3,15H,4H2,1H3,(H,16,18). The van der Waals surface area contributed by atoms with E-state index in [0.717, 1.165) is 0 Å². The van der Waals surface area contributed by atoms with Crippen LogP contribution in [0.3, 0.4) is 0 Å². The van der Waals surface area contributed by atoms with Gasteiger partial charge in [0, 0.05) is 19.2 Å². The summed E-state index contributed by atoms with van der Waals surface area (Å²) in [6.07, 6.45) is -4.66. The number of halogens is 4. The maximum atomic E-state index is 13.5. The van der Waals surface area contributed by atoms with E-state index in [1.54, 1.807) is 0 Å². The van der Waals surface area contributed by atoms with E-state index in [-0.39, 0.29) is 5.69 Å². The molecule has 2 N–H and O–H groups in total. The lowest BCUT2D eigenvalue weighted by Crippen LogP contribution is -2.34. The Labute approximate surface area is 109 Å². The highest BCUT2D eigenvalue weighted by atomic mass is 19.4. The zero-order valence-electron chi connectivity index (χ0n) is 10.0. The number of hydrogen-bond acceptors (Lipinski definition) is 4. The predicted molar refractivity (Wildman–Crippen MR) is 61.0 cm³/mol. The predicted octanol–water partition coefficient (Wildman–Crippen LogP) is 2.07. The van der Waals surface area contributed by atoms with E-state index in [9.17, 15) is 32.5 Å². The molecule has 0 aliphatic rings. The molecule has 0 atom stereocenters. The second-order valence-corrected chi connectivity index (χ2v) is 3.65. The number of benzene rings is 1. The van der Waals surface area contributed by atoms with Gasteiger partial charge in [-0.25, -0.2) is 4.39 Å². The molecular weight excluding hydrogens is 286 g/mol. The first-order valence-corrected chi connectivity index (χ1v) is 5.16. The maximum Gasteiger partial charge on any atom is 0.405 e. The van der Waals surface area contributed by atoms with Crippen molar-refractivity contribution in [1.29, 1.82) is 0 Å². The number of alkyl halides is 3. The van der Waals surface area contributed by atoms with Gasteiger partial charge in [-0.2, -0.15) is 13.2 Å². The van der Waals surface area contributed by atoms with E-state index in [1.807, 2.05) is 0 Å². The highest BCUT2D eigenvalue weighted by Crippen LogP contribution is 2.27. The van der Waals surface area contributed by atoms with Gasteiger partial charge < -0.3 is 10.6 Å². The van der Waals surface area contributed by atoms with Crippen LogP contribution >= 0.6 is 0 Å². The number of hydrogen-bond donors (Lipinski definition) is 2. The number of nitrogens with zero attached hydrogens (tertiary/aromatic N) is 1. The minimum absolute atomic E-state index is 0.195. The largest absolute Gasteiger partial charge is 0.405 e. The van der Waals surface area contributed by atoms with Crippen LogP contribution in [0.5, 0.6) is 0 Å². The topological polar surface area (TPSA) is 84.3 Å². The summed E-state index contributed by atoms with van der Waals surface area (Å²) in [4.78, 5) is 21.2. The Morgan fingerprint density at radius 3 is 2.45 bits per heavy atom. The van der Waals surface area contributed by atoms with Crippen molar-refractivity contribution in [1.82, 2.24) is 5.32 Å². The first-order chi connectivity index (χ1) is 9.15. The van der Waals surface area contributed by atoms with Crippen molar-refractivity contribution in [3.63, 3.8) is 0 Å². The van der Waals surface area contributed by atoms with Gasteiger partial charge in [-0.05, 0) is 0 Å². The lowest BCUT2D eigenvalue weighted by molar-refractivity contribution is -0.384. The summed E-state index contributed by atoms with van der Waals surface area (Å²) in [5.41, 5.74) is -1.65. The molecule has 0 bridgehead atoms. The summed E-state index contributed by atoms with van der Waals surface area (Å²) in [6, 6.07) is 1.24. The molecule has 0 aromatic heterocycles. The molecule has 0 unspecified atom stereocenters. The Morgan fingerprint density at radius 2 is 2.00 bits per heavy atom. The van der Waals surface area contributed by atoms with Gasteiger partial charge in [0.05, 0.1) is 10.5 Å². The lowest BCUT2D eigenvalue weighted by Gasteiger charge is -2.10. The SMILES string of the molecule is CNc1cc(F)c(C(=O)NCC(F)(F)F)cc1[N+](=O)[O-]. The Bertz CT molecular complexity index is 545. The molecule has 10 heteroatoms. The van der Waals surface area contributed by atoms with E-state index in [4.69, 9.17) is 0 Å². The van der Waals surface area contributed by atoms with E-state index in [2.05, 4.69) is 5.32 Å². The van der Waals surface area contributed by atoms with Gasteiger partial charge in [0.25, 0.3) is 11.6 Å². The molecule has 1 amide bonds. The minimum atomic E-state index is -4.66. The second kappa shape index (κ2) is 5.72. The molecule has 1 aromatic carbocycles. The Kier molecular flexibility index (Phi) is 4.48. The van der Waals surface area contributed by atoms with E-state index < -0.39 is 40.6 Å². The fourth-order valence-electron chi connectivity index (χ4n) is 1.36. The maximum absolute atomic E-state index is 13.5. The van der Waals surface area contributed by atoms with Crippen molar-refractivity contribution < 1.29 is 27.3 Å². The van der Waals surface area contributed by atoms with Gasteiger partial charge in [-0.15, -0.1) is 0 Å². The third-order valence-electron chi connectivity index (χ3n) is 2.25. The highest BCUT2D eigenvalue weighted by molar-refractivity contribution is 5.96. The van der Waals surface area contributed by atoms with Crippen molar-refractivity contribution in [2.75, 3.05) is 18.9 Å². The number of amides is 1. The first kappa shape index (κ1) is 15.7. The third-order valence-corrected chi connectivity index (χ3v) is 2.25. The van der Waals surface area contributed by atoms with Crippen molar-refractivity contribution in [3.05, 3.63) is 33.6 Å². The van der Waals surface area contributed by atoms with E-state index in [1.165, 1.54) is 12.4 Å². The normalized spacial score (nSPS) is 11.1. The highest BCUT2D eigenvalue weighted by Gasteiger charge is 2.29. The molecule has 0 heterocycles. The second-order valence-electron chi connectivity index (χ2n) is 3.65. The molecule has 1 aromatic rings. The number of carbonyl (C=O) groups is 1. The van der Waals surface area contributed by atoms with Crippen LogP contribution in [0, 0.1) is 15.9 Å². The number of rotatable bonds is 4. The van der Waals surface area contributed by atoms with Crippen LogP contribution in [0.4, 0.5) is 28.9 Å². The molecule has 6 nitrogen and oxygen atoms in total. The van der Waals surface area contributed by atoms with Gasteiger partial charge in [-0.1, -0.05) is 0 Å². The van der Waals surface area contributed by atoms with Crippen molar-refractivity contribution >= 4 is 17.3 Å². The fourth-order valence-corrected chi connectivity index (χ4v) is 1.36. The molecule has 0 radical (unpaired) electrons. The van der Waals surface area contributed by atoms with Gasteiger partial charge in [0.2, 0.25) is 0 Å². The molecule has 0 saturated heterocycles. The summed E-state index contributed by atoms with van der Waals surface area (Å²) in [6.45, 7) is -1.66. The Hall–Kier alpha value is -2.39. The zero-order chi connectivity index (χ0) is 15.5. The minimum Gasteiger partial charge on any atom is -0.382 e. The summed E-state index contributed by atoms with van der Waals surface area (Å²) in [5, 5.41) is 14.5. The van der Waals surface area contributed by atoms with Gasteiger partial charge in [0.15, 0.2) is 0 Å². The summed E-state index contributed by atoms with van der Waals surface area (Å²) in [7, 11) is 1.30. The summed E-state index contributed by atoms with van der Waals surface area (Å²) < 4.78 is 49.3. The smallest absolute Gasteiger partial charge is 0.382 e. The molecule has 20 heavy (non-hydrogen) atoms. The molecule has 1 rings (SSSR count). The molecule has 0 aliphatic heterocycles. The van der Waals surface area contributed by atoms with Crippen LogP contribution in [0.25, 0.3) is 0 Å². The van der Waals surface area contributed by atoms with Crippen molar-refractivity contribution in [2.24, 2.45) is 0 Å². The Morgan fingerprint density at radius 1 is 1.40 bits per heavy atom. The number of carbonyl (C=O) groups excluding carboxylic acids is 1. The van der Waals surface area contributed by atoms with Gasteiger partial charge in [-0.3, -0.25) is 14.9 Å². The third kappa shape index (κ3) is 3.80. The fraction of sp³-hybridized carbons (Fsp3) is 0.300. The molecular formula is C10H9F4N3O3. The summed E-state index contributed by atoms with van der Waals surface area (Å²) >= 11 is 0. The Balaban J connectivity index is 3.09. The van der Waals surface area contributed by atoms with Gasteiger partial charge >= 0.3 is 6.18 Å². The number of nitro benzene ring substituents is 1. The zero-order valence-corrected chi connectivity index (χ0v) is 10.0. The molecule has 0 saturated carbocycles. The number of anilines is 1. The van der Waals surface area contributed by atoms with Crippen molar-refractivity contribution in [3.8, 4) is 0 Å². The van der Waals surface area contributed by atoms with E-state index in [0.29, 0.717) is 12.1 Å². The number of nitro groups is 1. The molecule has 0 spiro atoms. The average molecular weight is 295 g/mol. The summed E-state index contributed by atoms with van der Waals surface area (Å²) in [5.74, 6) is -2.55. The molecule has 110 valence electrons. The quantitative estimate of drug-likeness (QED) is 0.506. The van der Waals surface area contributed by atoms with Crippen LogP contribution in [-0.2, 0) is 0 Å². The van der Waals surface area contributed by atoms with Crippen LogP contribution in [-0.4, -0.2) is 30.6 Å².